The van der Waals surface area contributed by atoms with Crippen molar-refractivity contribution in [1.82, 2.24) is 15.1 Å². The molecule has 1 heterocycles. The van der Waals surface area contributed by atoms with E-state index in [9.17, 15) is 14.0 Å². The van der Waals surface area contributed by atoms with Gasteiger partial charge in [-0.15, -0.1) is 0 Å². The fourth-order valence-corrected chi connectivity index (χ4v) is 3.20. The third kappa shape index (κ3) is 4.58. The highest BCUT2D eigenvalue weighted by Gasteiger charge is 2.18. The minimum absolute atomic E-state index is 0.0629. The molecular formula is C20H16Cl2FN3O2. The van der Waals surface area contributed by atoms with Crippen LogP contribution in [-0.2, 0) is 6.54 Å². The molecule has 144 valence electrons. The van der Waals surface area contributed by atoms with E-state index in [2.05, 4.69) is 10.4 Å². The van der Waals surface area contributed by atoms with E-state index in [-0.39, 0.29) is 27.8 Å². The summed E-state index contributed by atoms with van der Waals surface area (Å²) < 4.78 is 14.9. The van der Waals surface area contributed by atoms with E-state index in [1.807, 2.05) is 30.3 Å². The highest BCUT2D eigenvalue weighted by atomic mass is 35.5. The standard InChI is InChI=1S/C20H16Cl2FN3O2/c1-12(14-9-17(23)16(22)10-15(14)21)24-20(28)18-7-8-19(27)26(25-18)11-13-5-3-2-4-6-13/h2-10,12H,11H2,1H3,(H,24,28). The first kappa shape index (κ1) is 20.0. The molecular weight excluding hydrogens is 404 g/mol. The second kappa shape index (κ2) is 8.54. The molecule has 3 rings (SSSR count). The molecule has 28 heavy (non-hydrogen) atoms. The number of aromatic nitrogens is 2. The van der Waals surface area contributed by atoms with Crippen LogP contribution in [0.25, 0.3) is 0 Å². The lowest BCUT2D eigenvalue weighted by molar-refractivity contribution is 0.0932. The number of halogens is 3. The molecule has 0 spiro atoms. The van der Waals surface area contributed by atoms with Crippen molar-refractivity contribution in [2.75, 3.05) is 0 Å². The molecule has 1 amide bonds. The lowest BCUT2D eigenvalue weighted by Crippen LogP contribution is -2.31. The van der Waals surface area contributed by atoms with Gasteiger partial charge in [0, 0.05) is 11.1 Å². The molecule has 0 bridgehead atoms. The molecule has 3 aromatic rings. The van der Waals surface area contributed by atoms with Crippen LogP contribution in [0.1, 0.15) is 34.6 Å². The highest BCUT2D eigenvalue weighted by Crippen LogP contribution is 2.28. The average molecular weight is 420 g/mol. The predicted molar refractivity (Wildman–Crippen MR) is 106 cm³/mol. The predicted octanol–water partition coefficient (Wildman–Crippen LogP) is 4.23. The molecule has 2 aromatic carbocycles. The van der Waals surface area contributed by atoms with E-state index in [4.69, 9.17) is 23.2 Å². The molecule has 0 saturated heterocycles. The van der Waals surface area contributed by atoms with Crippen molar-refractivity contribution in [3.63, 3.8) is 0 Å². The number of benzene rings is 2. The minimum Gasteiger partial charge on any atom is -0.344 e. The topological polar surface area (TPSA) is 64.0 Å². The highest BCUT2D eigenvalue weighted by molar-refractivity contribution is 6.35. The normalized spacial score (nSPS) is 11.9. The second-order valence-corrected chi connectivity index (χ2v) is 7.00. The molecule has 5 nitrogen and oxygen atoms in total. The first-order valence-electron chi connectivity index (χ1n) is 8.42. The summed E-state index contributed by atoms with van der Waals surface area (Å²) in [4.78, 5) is 24.6. The Bertz CT molecular complexity index is 1070. The largest absolute Gasteiger partial charge is 0.344 e. The van der Waals surface area contributed by atoms with Crippen molar-refractivity contribution < 1.29 is 9.18 Å². The number of nitrogens with zero attached hydrogens (tertiary/aromatic N) is 2. The molecule has 0 aliphatic carbocycles. The number of carbonyl (C=O) groups is 1. The van der Waals surface area contributed by atoms with Gasteiger partial charge < -0.3 is 5.32 Å². The number of carbonyl (C=O) groups excluding carboxylic acids is 1. The van der Waals surface area contributed by atoms with Gasteiger partial charge in [0.05, 0.1) is 17.6 Å². The van der Waals surface area contributed by atoms with Gasteiger partial charge in [0.2, 0.25) is 0 Å². The van der Waals surface area contributed by atoms with Crippen LogP contribution in [-0.4, -0.2) is 15.7 Å². The fourth-order valence-electron chi connectivity index (χ4n) is 2.66. The summed E-state index contributed by atoms with van der Waals surface area (Å²) in [5, 5.41) is 6.97. The SMILES string of the molecule is CC(NC(=O)c1ccc(=O)n(Cc2ccccc2)n1)c1cc(F)c(Cl)cc1Cl. The maximum Gasteiger partial charge on any atom is 0.272 e. The average Bonchev–Trinajstić information content (AvgIpc) is 2.67. The van der Waals surface area contributed by atoms with Gasteiger partial charge in [-0.3, -0.25) is 9.59 Å². The molecule has 0 fully saturated rings. The zero-order valence-corrected chi connectivity index (χ0v) is 16.3. The first-order chi connectivity index (χ1) is 13.3. The van der Waals surface area contributed by atoms with Crippen LogP contribution in [0.3, 0.4) is 0 Å². The number of nitrogens with one attached hydrogen (secondary N) is 1. The summed E-state index contributed by atoms with van der Waals surface area (Å²) in [5.74, 6) is -1.14. The second-order valence-electron chi connectivity index (χ2n) is 6.18. The Morgan fingerprint density at radius 2 is 1.86 bits per heavy atom. The Kier molecular flexibility index (Phi) is 6.11. The van der Waals surface area contributed by atoms with Crippen LogP contribution in [0.2, 0.25) is 10.0 Å². The monoisotopic (exact) mass is 419 g/mol. The quantitative estimate of drug-likeness (QED) is 0.629. The Morgan fingerprint density at radius 1 is 1.14 bits per heavy atom. The van der Waals surface area contributed by atoms with E-state index in [0.29, 0.717) is 5.56 Å². The summed E-state index contributed by atoms with van der Waals surface area (Å²) in [7, 11) is 0. The van der Waals surface area contributed by atoms with E-state index in [1.165, 1.54) is 28.9 Å². The Hall–Kier alpha value is -2.70. The van der Waals surface area contributed by atoms with Crippen LogP contribution in [0.5, 0.6) is 0 Å². The van der Waals surface area contributed by atoms with Crippen molar-refractivity contribution in [2.24, 2.45) is 0 Å². The molecule has 0 saturated carbocycles. The molecule has 0 aliphatic rings. The number of hydrogen-bond donors (Lipinski definition) is 1. The number of hydrogen-bond acceptors (Lipinski definition) is 3. The third-order valence-electron chi connectivity index (χ3n) is 4.13. The zero-order chi connectivity index (χ0) is 20.3. The van der Waals surface area contributed by atoms with E-state index in [0.717, 1.165) is 5.56 Å². The van der Waals surface area contributed by atoms with Gasteiger partial charge in [0.25, 0.3) is 11.5 Å². The van der Waals surface area contributed by atoms with E-state index in [1.54, 1.807) is 6.92 Å². The Balaban J connectivity index is 1.80. The van der Waals surface area contributed by atoms with Crippen molar-refractivity contribution in [1.29, 1.82) is 0 Å². The lowest BCUT2D eigenvalue weighted by atomic mass is 10.1. The van der Waals surface area contributed by atoms with Crippen LogP contribution in [0, 0.1) is 5.82 Å². The Morgan fingerprint density at radius 3 is 2.57 bits per heavy atom. The van der Waals surface area contributed by atoms with Crippen molar-refractivity contribution in [2.45, 2.75) is 19.5 Å². The van der Waals surface area contributed by atoms with Crippen LogP contribution in [0.15, 0.2) is 59.4 Å². The molecule has 8 heteroatoms. The van der Waals surface area contributed by atoms with E-state index >= 15 is 0 Å². The van der Waals surface area contributed by atoms with Gasteiger partial charge in [-0.05, 0) is 36.2 Å². The summed E-state index contributed by atoms with van der Waals surface area (Å²) in [6, 6.07) is 13.8. The fraction of sp³-hybridized carbons (Fsp3) is 0.150. The van der Waals surface area contributed by atoms with Gasteiger partial charge in [0.15, 0.2) is 0 Å². The number of rotatable bonds is 5. The summed E-state index contributed by atoms with van der Waals surface area (Å²) >= 11 is 11.8. The van der Waals surface area contributed by atoms with Crippen LogP contribution < -0.4 is 10.9 Å². The molecule has 1 unspecified atom stereocenters. The maximum absolute atomic E-state index is 13.7. The Labute approximate surface area is 170 Å². The molecule has 0 aliphatic heterocycles. The number of amides is 1. The smallest absolute Gasteiger partial charge is 0.272 e. The van der Waals surface area contributed by atoms with E-state index < -0.39 is 17.8 Å². The molecule has 1 atom stereocenters. The van der Waals surface area contributed by atoms with Gasteiger partial charge in [-0.1, -0.05) is 53.5 Å². The maximum atomic E-state index is 13.7. The summed E-state index contributed by atoms with van der Waals surface area (Å²) in [6.45, 7) is 1.90. The van der Waals surface area contributed by atoms with Crippen molar-refractivity contribution in [3.05, 3.63) is 97.6 Å². The van der Waals surface area contributed by atoms with Gasteiger partial charge in [-0.2, -0.15) is 5.10 Å². The molecule has 1 aromatic heterocycles. The zero-order valence-electron chi connectivity index (χ0n) is 14.8. The molecule has 0 radical (unpaired) electrons. The van der Waals surface area contributed by atoms with Crippen LogP contribution in [0.4, 0.5) is 4.39 Å². The minimum atomic E-state index is -0.628. The van der Waals surface area contributed by atoms with Gasteiger partial charge in [0.1, 0.15) is 11.5 Å². The summed E-state index contributed by atoms with van der Waals surface area (Å²) in [6.07, 6.45) is 0. The third-order valence-corrected chi connectivity index (χ3v) is 4.75. The first-order valence-corrected chi connectivity index (χ1v) is 9.18. The van der Waals surface area contributed by atoms with Crippen molar-refractivity contribution >= 4 is 29.1 Å². The summed E-state index contributed by atoms with van der Waals surface area (Å²) in [5.41, 5.74) is 1.00. The van der Waals surface area contributed by atoms with Crippen molar-refractivity contribution in [3.8, 4) is 0 Å². The lowest BCUT2D eigenvalue weighted by Gasteiger charge is -2.16. The van der Waals surface area contributed by atoms with Crippen LogP contribution >= 0.6 is 23.2 Å². The van der Waals surface area contributed by atoms with Gasteiger partial charge >= 0.3 is 0 Å². The van der Waals surface area contributed by atoms with Gasteiger partial charge in [-0.25, -0.2) is 9.07 Å². The molecule has 1 N–H and O–H groups in total.